The minimum Gasteiger partial charge on any atom is -0.257 e. The molecule has 0 amide bonds. The molecule has 0 unspecified atom stereocenters. The largest absolute Gasteiger partial charge is 0.257 e. The molecule has 0 heterocycles. The summed E-state index contributed by atoms with van der Waals surface area (Å²) in [5, 5.41) is 0. The normalized spacial score (nSPS) is 11.6. The van der Waals surface area contributed by atoms with Crippen LogP contribution in [0.15, 0.2) is 23.1 Å². The van der Waals surface area contributed by atoms with Gasteiger partial charge in [0.05, 0.1) is 4.90 Å². The summed E-state index contributed by atoms with van der Waals surface area (Å²) in [6.07, 6.45) is 0. The van der Waals surface area contributed by atoms with Crippen molar-refractivity contribution in [1.29, 1.82) is 0 Å². The summed E-state index contributed by atoms with van der Waals surface area (Å²) in [5.41, 5.74) is 0.318. The van der Waals surface area contributed by atoms with Crippen molar-refractivity contribution in [3.05, 3.63) is 29.6 Å². The van der Waals surface area contributed by atoms with E-state index in [1.54, 1.807) is 4.83 Å². The molecular formula is C7H9FN2O2S. The van der Waals surface area contributed by atoms with Crippen LogP contribution in [0.5, 0.6) is 0 Å². The molecule has 0 aromatic heterocycles. The number of hydrazine groups is 1. The second kappa shape index (κ2) is 3.41. The maximum absolute atomic E-state index is 12.6. The number of aryl methyl sites for hydroxylation is 1. The molecule has 6 heteroatoms. The monoisotopic (exact) mass is 204 g/mol. The van der Waals surface area contributed by atoms with E-state index >= 15 is 0 Å². The van der Waals surface area contributed by atoms with Crippen LogP contribution in [-0.2, 0) is 10.0 Å². The van der Waals surface area contributed by atoms with Gasteiger partial charge >= 0.3 is 0 Å². The standard InChI is InChI=1S/C7H9FN2O2S/c1-5-4-6(8)2-3-7(5)13(11,12)10-9/h2-4,10H,9H2,1H3. The van der Waals surface area contributed by atoms with Crippen LogP contribution in [0.1, 0.15) is 5.56 Å². The smallest absolute Gasteiger partial charge is 0.253 e. The molecule has 0 aliphatic carbocycles. The molecule has 0 aliphatic heterocycles. The van der Waals surface area contributed by atoms with Gasteiger partial charge in [0.2, 0.25) is 0 Å². The molecule has 0 fully saturated rings. The van der Waals surface area contributed by atoms with Crippen LogP contribution in [0.2, 0.25) is 0 Å². The first-order valence-electron chi connectivity index (χ1n) is 3.46. The van der Waals surface area contributed by atoms with Crippen LogP contribution in [0.4, 0.5) is 4.39 Å². The zero-order valence-electron chi connectivity index (χ0n) is 6.91. The summed E-state index contributed by atoms with van der Waals surface area (Å²) in [7, 11) is -3.68. The van der Waals surface area contributed by atoms with Crippen molar-refractivity contribution in [2.45, 2.75) is 11.8 Å². The van der Waals surface area contributed by atoms with Crippen LogP contribution in [0.25, 0.3) is 0 Å². The van der Waals surface area contributed by atoms with E-state index in [-0.39, 0.29) is 4.90 Å². The Morgan fingerprint density at radius 2 is 2.08 bits per heavy atom. The van der Waals surface area contributed by atoms with Gasteiger partial charge in [0.25, 0.3) is 10.0 Å². The van der Waals surface area contributed by atoms with Gasteiger partial charge in [-0.1, -0.05) is 0 Å². The van der Waals surface area contributed by atoms with Crippen LogP contribution in [-0.4, -0.2) is 8.42 Å². The average Bonchev–Trinajstić information content (AvgIpc) is 2.03. The summed E-state index contributed by atoms with van der Waals surface area (Å²) in [6.45, 7) is 1.49. The van der Waals surface area contributed by atoms with Crippen molar-refractivity contribution in [3.63, 3.8) is 0 Å². The molecule has 4 nitrogen and oxygen atoms in total. The highest BCUT2D eigenvalue weighted by Crippen LogP contribution is 2.14. The summed E-state index contributed by atoms with van der Waals surface area (Å²) in [5.74, 6) is 4.34. The van der Waals surface area contributed by atoms with Crippen molar-refractivity contribution in [3.8, 4) is 0 Å². The van der Waals surface area contributed by atoms with E-state index < -0.39 is 15.8 Å². The van der Waals surface area contributed by atoms with Crippen LogP contribution in [0, 0.1) is 12.7 Å². The molecule has 3 N–H and O–H groups in total. The maximum atomic E-state index is 12.6. The van der Waals surface area contributed by atoms with Crippen molar-refractivity contribution in [2.75, 3.05) is 0 Å². The number of rotatable bonds is 2. The number of benzene rings is 1. The summed E-state index contributed by atoms with van der Waals surface area (Å²) in [4.78, 5) is 1.65. The third-order valence-corrected chi connectivity index (χ3v) is 2.93. The number of hydrogen-bond donors (Lipinski definition) is 2. The second-order valence-electron chi connectivity index (χ2n) is 2.53. The van der Waals surface area contributed by atoms with Gasteiger partial charge in [-0.25, -0.2) is 12.8 Å². The van der Waals surface area contributed by atoms with E-state index in [1.807, 2.05) is 0 Å². The molecule has 0 spiro atoms. The Hall–Kier alpha value is -0.980. The van der Waals surface area contributed by atoms with Crippen molar-refractivity contribution >= 4 is 10.0 Å². The second-order valence-corrected chi connectivity index (χ2v) is 4.21. The Morgan fingerprint density at radius 3 is 2.54 bits per heavy atom. The first kappa shape index (κ1) is 10.1. The molecule has 72 valence electrons. The lowest BCUT2D eigenvalue weighted by Crippen LogP contribution is -2.30. The summed E-state index contributed by atoms with van der Waals surface area (Å²) >= 11 is 0. The predicted octanol–water partition coefficient (Wildman–Crippen LogP) is 0.286. The van der Waals surface area contributed by atoms with Gasteiger partial charge in [0.1, 0.15) is 5.82 Å². The number of hydrogen-bond acceptors (Lipinski definition) is 3. The molecule has 13 heavy (non-hydrogen) atoms. The fraction of sp³-hybridized carbons (Fsp3) is 0.143. The zero-order valence-corrected chi connectivity index (χ0v) is 7.73. The molecule has 0 radical (unpaired) electrons. The van der Waals surface area contributed by atoms with E-state index in [4.69, 9.17) is 5.84 Å². The number of nitrogens with two attached hydrogens (primary N) is 1. The van der Waals surface area contributed by atoms with Crippen molar-refractivity contribution in [1.82, 2.24) is 4.83 Å². The summed E-state index contributed by atoms with van der Waals surface area (Å²) in [6, 6.07) is 3.36. The Balaban J connectivity index is 3.33. The van der Waals surface area contributed by atoms with Gasteiger partial charge in [-0.2, -0.15) is 4.83 Å². The van der Waals surface area contributed by atoms with Crippen LogP contribution in [0.3, 0.4) is 0 Å². The van der Waals surface area contributed by atoms with Crippen LogP contribution >= 0.6 is 0 Å². The number of sulfonamides is 1. The molecule has 0 saturated heterocycles. The third-order valence-electron chi connectivity index (χ3n) is 1.58. The highest BCUT2D eigenvalue weighted by Gasteiger charge is 2.14. The fourth-order valence-corrected chi connectivity index (χ4v) is 1.83. The molecule has 0 bridgehead atoms. The van der Waals surface area contributed by atoms with E-state index in [0.29, 0.717) is 5.56 Å². The minimum absolute atomic E-state index is 0.0172. The lowest BCUT2D eigenvalue weighted by Gasteiger charge is -2.04. The van der Waals surface area contributed by atoms with Gasteiger partial charge in [-0.15, -0.1) is 0 Å². The van der Waals surface area contributed by atoms with Gasteiger partial charge in [0.15, 0.2) is 0 Å². The fourth-order valence-electron chi connectivity index (χ4n) is 0.978. The van der Waals surface area contributed by atoms with E-state index in [1.165, 1.54) is 13.0 Å². The molecule has 0 saturated carbocycles. The van der Waals surface area contributed by atoms with E-state index in [2.05, 4.69) is 0 Å². The Bertz CT molecular complexity index is 417. The molecule has 1 aromatic rings. The van der Waals surface area contributed by atoms with Crippen molar-refractivity contribution < 1.29 is 12.8 Å². The topological polar surface area (TPSA) is 72.2 Å². The van der Waals surface area contributed by atoms with Crippen molar-refractivity contribution in [2.24, 2.45) is 5.84 Å². The summed E-state index contributed by atoms with van der Waals surface area (Å²) < 4.78 is 34.9. The van der Waals surface area contributed by atoms with Gasteiger partial charge in [-0.3, -0.25) is 5.84 Å². The molecule has 0 aliphatic rings. The van der Waals surface area contributed by atoms with Crippen LogP contribution < -0.4 is 10.7 Å². The Morgan fingerprint density at radius 1 is 1.46 bits per heavy atom. The highest BCUT2D eigenvalue weighted by atomic mass is 32.2. The Kier molecular flexibility index (Phi) is 2.65. The zero-order chi connectivity index (χ0) is 10.1. The quantitative estimate of drug-likeness (QED) is 0.537. The van der Waals surface area contributed by atoms with Gasteiger partial charge in [0, 0.05) is 0 Å². The lowest BCUT2D eigenvalue weighted by molar-refractivity contribution is 0.582. The van der Waals surface area contributed by atoms with Gasteiger partial charge < -0.3 is 0 Å². The molecule has 0 atom stereocenters. The first-order chi connectivity index (χ1) is 5.97. The molecule has 1 rings (SSSR count). The number of halogens is 1. The highest BCUT2D eigenvalue weighted by molar-refractivity contribution is 7.89. The van der Waals surface area contributed by atoms with Gasteiger partial charge in [-0.05, 0) is 30.7 Å². The van der Waals surface area contributed by atoms with E-state index in [9.17, 15) is 12.8 Å². The lowest BCUT2D eigenvalue weighted by atomic mass is 10.2. The Labute approximate surface area is 75.6 Å². The predicted molar refractivity (Wildman–Crippen MR) is 45.6 cm³/mol. The maximum Gasteiger partial charge on any atom is 0.253 e. The number of nitrogens with one attached hydrogen (secondary N) is 1. The average molecular weight is 204 g/mol. The van der Waals surface area contributed by atoms with E-state index in [0.717, 1.165) is 12.1 Å². The first-order valence-corrected chi connectivity index (χ1v) is 4.94. The molecular weight excluding hydrogens is 195 g/mol. The minimum atomic E-state index is -3.68. The SMILES string of the molecule is Cc1cc(F)ccc1S(=O)(=O)NN. The third kappa shape index (κ3) is 2.03. The molecule has 1 aromatic carbocycles.